The van der Waals surface area contributed by atoms with Gasteiger partial charge in [-0.2, -0.15) is 0 Å². The molecule has 0 aliphatic carbocycles. The van der Waals surface area contributed by atoms with Gasteiger partial charge in [0, 0.05) is 12.1 Å². The van der Waals surface area contributed by atoms with E-state index in [-0.39, 0.29) is 24.3 Å². The van der Waals surface area contributed by atoms with Crippen LogP contribution < -0.4 is 0 Å². The number of rotatable bonds is 4. The number of likely N-dealkylation sites (tertiary alicyclic amines) is 1. The molecular formula is C18H19NO4. The number of hydrogen-bond donors (Lipinski definition) is 0. The molecule has 2 aromatic rings. The molecule has 3 rings (SSSR count). The number of benzene rings is 1. The predicted molar refractivity (Wildman–Crippen MR) is 83.9 cm³/mol. The van der Waals surface area contributed by atoms with Crippen LogP contribution in [0.25, 0.3) is 0 Å². The molecule has 1 aromatic carbocycles. The first-order chi connectivity index (χ1) is 11.2. The van der Waals surface area contributed by atoms with E-state index in [0.29, 0.717) is 17.7 Å². The van der Waals surface area contributed by atoms with Crippen molar-refractivity contribution < 1.29 is 18.7 Å². The van der Waals surface area contributed by atoms with Crippen molar-refractivity contribution in [2.75, 3.05) is 13.7 Å². The first-order valence-electron chi connectivity index (χ1n) is 7.70. The van der Waals surface area contributed by atoms with E-state index in [1.807, 2.05) is 29.2 Å². The molecule has 1 aliphatic rings. The second-order valence-electron chi connectivity index (χ2n) is 5.58. The third kappa shape index (κ3) is 3.13. The van der Waals surface area contributed by atoms with Crippen molar-refractivity contribution in [2.45, 2.75) is 25.3 Å². The van der Waals surface area contributed by atoms with Crippen LogP contribution >= 0.6 is 0 Å². The van der Waals surface area contributed by atoms with Gasteiger partial charge in [-0.1, -0.05) is 18.2 Å². The van der Waals surface area contributed by atoms with E-state index in [2.05, 4.69) is 0 Å². The third-order valence-corrected chi connectivity index (χ3v) is 4.20. The highest BCUT2D eigenvalue weighted by Crippen LogP contribution is 2.33. The highest BCUT2D eigenvalue weighted by Gasteiger charge is 2.33. The molecule has 0 unspecified atom stereocenters. The van der Waals surface area contributed by atoms with E-state index in [1.165, 1.54) is 7.11 Å². The number of nitrogens with zero attached hydrogens (tertiary/aromatic N) is 1. The number of ether oxygens (including phenoxy) is 1. The average molecular weight is 313 g/mol. The van der Waals surface area contributed by atoms with Crippen molar-refractivity contribution in [3.05, 3.63) is 59.5 Å². The molecule has 0 spiro atoms. The van der Waals surface area contributed by atoms with Crippen LogP contribution in [0.4, 0.5) is 0 Å². The Labute approximate surface area is 134 Å². The number of methoxy groups -OCH3 is 1. The van der Waals surface area contributed by atoms with Crippen LogP contribution in [-0.2, 0) is 16.0 Å². The van der Waals surface area contributed by atoms with Crippen molar-refractivity contribution >= 4 is 11.9 Å². The number of hydrogen-bond acceptors (Lipinski definition) is 4. The molecule has 1 aliphatic heterocycles. The molecule has 0 bridgehead atoms. The lowest BCUT2D eigenvalue weighted by Gasteiger charge is -2.24. The largest absolute Gasteiger partial charge is 0.469 e. The van der Waals surface area contributed by atoms with Crippen molar-refractivity contribution in [1.82, 2.24) is 4.90 Å². The first kappa shape index (κ1) is 15.3. The summed E-state index contributed by atoms with van der Waals surface area (Å²) in [6.45, 7) is 0.691. The molecule has 0 N–H and O–H groups in total. The second-order valence-corrected chi connectivity index (χ2v) is 5.58. The zero-order valence-electron chi connectivity index (χ0n) is 13.0. The van der Waals surface area contributed by atoms with E-state index in [0.717, 1.165) is 18.6 Å². The molecule has 1 aromatic heterocycles. The smallest absolute Gasteiger partial charge is 0.310 e. The van der Waals surface area contributed by atoms with Gasteiger partial charge >= 0.3 is 5.97 Å². The molecule has 1 fully saturated rings. The summed E-state index contributed by atoms with van der Waals surface area (Å²) in [4.78, 5) is 26.4. The average Bonchev–Trinajstić information content (AvgIpc) is 3.25. The number of carbonyl (C=O) groups excluding carboxylic acids is 2. The van der Waals surface area contributed by atoms with Gasteiger partial charge in [-0.05, 0) is 36.6 Å². The summed E-state index contributed by atoms with van der Waals surface area (Å²) >= 11 is 0. The molecular weight excluding hydrogens is 294 g/mol. The normalized spacial score (nSPS) is 17.3. The maximum atomic E-state index is 13.0. The van der Waals surface area contributed by atoms with E-state index >= 15 is 0 Å². The monoisotopic (exact) mass is 313 g/mol. The highest BCUT2D eigenvalue weighted by atomic mass is 16.5. The lowest BCUT2D eigenvalue weighted by Crippen LogP contribution is -2.31. The van der Waals surface area contributed by atoms with E-state index in [1.54, 1.807) is 18.4 Å². The van der Waals surface area contributed by atoms with Crippen LogP contribution in [0.5, 0.6) is 0 Å². The summed E-state index contributed by atoms with van der Waals surface area (Å²) in [6, 6.07) is 10.9. The Morgan fingerprint density at radius 2 is 2.09 bits per heavy atom. The Balaban J connectivity index is 1.87. The Morgan fingerprint density at radius 3 is 2.83 bits per heavy atom. The first-order valence-corrected chi connectivity index (χ1v) is 7.70. The predicted octanol–water partition coefficient (Wildman–Crippen LogP) is 2.97. The van der Waals surface area contributed by atoms with Gasteiger partial charge in [0.15, 0.2) is 0 Å². The number of carbonyl (C=O) groups is 2. The molecule has 1 saturated heterocycles. The minimum absolute atomic E-state index is 0.0383. The standard InChI is InChI=1S/C18H19NO4/c1-22-17(20)12-13-6-2-3-7-14(13)18(21)19-10-4-8-15(19)16-9-5-11-23-16/h2-3,5-7,9,11,15H,4,8,10,12H2,1H3/t15-/m1/s1. The quantitative estimate of drug-likeness (QED) is 0.814. The van der Waals surface area contributed by atoms with Crippen molar-refractivity contribution in [3.8, 4) is 0 Å². The summed E-state index contributed by atoms with van der Waals surface area (Å²) in [5, 5.41) is 0. The Morgan fingerprint density at radius 1 is 1.26 bits per heavy atom. The van der Waals surface area contributed by atoms with Crippen LogP contribution in [0.1, 0.15) is 40.6 Å². The summed E-state index contributed by atoms with van der Waals surface area (Å²) in [5.41, 5.74) is 1.24. The van der Waals surface area contributed by atoms with E-state index < -0.39 is 0 Å². The van der Waals surface area contributed by atoms with E-state index in [9.17, 15) is 9.59 Å². The minimum atomic E-state index is -0.353. The Bertz CT molecular complexity index is 693. The van der Waals surface area contributed by atoms with Gasteiger partial charge in [-0.25, -0.2) is 0 Å². The van der Waals surface area contributed by atoms with Crippen molar-refractivity contribution in [3.63, 3.8) is 0 Å². The summed E-state index contributed by atoms with van der Waals surface area (Å²) in [7, 11) is 1.35. The molecule has 1 atom stereocenters. The molecule has 5 nitrogen and oxygen atoms in total. The fourth-order valence-electron chi connectivity index (χ4n) is 3.05. The minimum Gasteiger partial charge on any atom is -0.469 e. The molecule has 120 valence electrons. The maximum absolute atomic E-state index is 13.0. The van der Waals surface area contributed by atoms with Gasteiger partial charge in [-0.3, -0.25) is 9.59 Å². The van der Waals surface area contributed by atoms with Crippen LogP contribution in [0, 0.1) is 0 Å². The molecule has 5 heteroatoms. The topological polar surface area (TPSA) is 59.8 Å². The van der Waals surface area contributed by atoms with Gasteiger partial charge in [0.05, 0.1) is 25.8 Å². The fraction of sp³-hybridized carbons (Fsp3) is 0.333. The van der Waals surface area contributed by atoms with Gasteiger partial charge in [0.2, 0.25) is 0 Å². The molecule has 1 amide bonds. The summed E-state index contributed by atoms with van der Waals surface area (Å²) in [6.07, 6.45) is 3.55. The lowest BCUT2D eigenvalue weighted by atomic mass is 10.0. The van der Waals surface area contributed by atoms with Gasteiger partial charge < -0.3 is 14.1 Å². The van der Waals surface area contributed by atoms with Crippen molar-refractivity contribution in [2.24, 2.45) is 0 Å². The molecule has 2 heterocycles. The van der Waals surface area contributed by atoms with Crippen LogP contribution in [0.3, 0.4) is 0 Å². The fourth-order valence-corrected chi connectivity index (χ4v) is 3.05. The molecule has 0 radical (unpaired) electrons. The summed E-state index contributed by atoms with van der Waals surface area (Å²) < 4.78 is 10.2. The second kappa shape index (κ2) is 6.69. The van der Waals surface area contributed by atoms with Gasteiger partial charge in [0.25, 0.3) is 5.91 Å². The van der Waals surface area contributed by atoms with Gasteiger partial charge in [-0.15, -0.1) is 0 Å². The number of esters is 1. The molecule has 0 saturated carbocycles. The Kier molecular flexibility index (Phi) is 4.46. The van der Waals surface area contributed by atoms with Crippen LogP contribution in [0.2, 0.25) is 0 Å². The highest BCUT2D eigenvalue weighted by molar-refractivity contribution is 5.97. The zero-order valence-corrected chi connectivity index (χ0v) is 13.0. The number of furan rings is 1. The van der Waals surface area contributed by atoms with Crippen molar-refractivity contribution in [1.29, 1.82) is 0 Å². The van der Waals surface area contributed by atoms with Gasteiger partial charge in [0.1, 0.15) is 5.76 Å². The number of amides is 1. The lowest BCUT2D eigenvalue weighted by molar-refractivity contribution is -0.139. The Hall–Kier alpha value is -2.56. The molecule has 23 heavy (non-hydrogen) atoms. The van der Waals surface area contributed by atoms with Crippen LogP contribution in [-0.4, -0.2) is 30.4 Å². The van der Waals surface area contributed by atoms with E-state index in [4.69, 9.17) is 9.15 Å². The summed E-state index contributed by atoms with van der Waals surface area (Å²) in [5.74, 6) is 0.388. The van der Waals surface area contributed by atoms with Crippen LogP contribution in [0.15, 0.2) is 47.1 Å². The third-order valence-electron chi connectivity index (χ3n) is 4.20. The SMILES string of the molecule is COC(=O)Cc1ccccc1C(=O)N1CCC[C@@H]1c1ccco1. The maximum Gasteiger partial charge on any atom is 0.310 e. The zero-order chi connectivity index (χ0) is 16.2.